The molecule has 0 spiro atoms. The summed E-state index contributed by atoms with van der Waals surface area (Å²) in [5, 5.41) is 16.4. The number of aromatic nitrogens is 2. The summed E-state index contributed by atoms with van der Waals surface area (Å²) in [4.78, 5) is 11.9. The van der Waals surface area contributed by atoms with Crippen LogP contribution in [0.1, 0.15) is 67.3 Å². The van der Waals surface area contributed by atoms with Gasteiger partial charge in [-0.1, -0.05) is 0 Å². The quantitative estimate of drug-likeness (QED) is 0.275. The maximum Gasteiger partial charge on any atom is 0.586 e. The first-order chi connectivity index (χ1) is 20.7. The molecular weight excluding hydrogens is 603 g/mol. The lowest BCUT2D eigenvalue weighted by molar-refractivity contribution is -0.286. The fourth-order valence-electron chi connectivity index (χ4n) is 6.76. The zero-order chi connectivity index (χ0) is 31.3. The minimum absolute atomic E-state index is 0.00209. The summed E-state index contributed by atoms with van der Waals surface area (Å²) in [6, 6.07) is 4.36. The molecule has 0 amide bonds. The van der Waals surface area contributed by atoms with Gasteiger partial charge in [0.15, 0.2) is 17.2 Å². The van der Waals surface area contributed by atoms with Crippen molar-refractivity contribution < 1.29 is 54.8 Å². The number of alkyl halides is 5. The van der Waals surface area contributed by atoms with E-state index in [1.807, 2.05) is 0 Å². The largest absolute Gasteiger partial charge is 0.586 e. The molecule has 1 unspecified atom stereocenters. The second-order valence-electron chi connectivity index (χ2n) is 11.7. The van der Waals surface area contributed by atoms with E-state index in [1.165, 1.54) is 19.1 Å². The number of hydrogen-bond donors (Lipinski definition) is 2. The van der Waals surface area contributed by atoms with Gasteiger partial charge in [-0.2, -0.15) is 18.3 Å². The Hall–Kier alpha value is -4.01. The lowest BCUT2D eigenvalue weighted by atomic mass is 9.42. The number of nitrogens with one attached hydrogen (secondary N) is 1. The monoisotopic (exact) mass is 627 g/mol. The molecule has 2 bridgehead atoms. The highest BCUT2D eigenvalue weighted by atomic mass is 19.4. The van der Waals surface area contributed by atoms with E-state index in [0.29, 0.717) is 19.3 Å². The minimum Gasteiger partial charge on any atom is -0.481 e. The van der Waals surface area contributed by atoms with Crippen molar-refractivity contribution in [2.45, 2.75) is 69.7 Å². The third-order valence-corrected chi connectivity index (χ3v) is 9.00. The first-order valence-corrected chi connectivity index (χ1v) is 13.9. The van der Waals surface area contributed by atoms with E-state index in [9.17, 15) is 36.2 Å². The first kappa shape index (κ1) is 28.7. The van der Waals surface area contributed by atoms with E-state index in [-0.39, 0.29) is 52.7 Å². The Morgan fingerprint density at radius 3 is 2.48 bits per heavy atom. The topological polar surface area (TPSA) is 94.8 Å². The van der Waals surface area contributed by atoms with E-state index < -0.39 is 65.2 Å². The van der Waals surface area contributed by atoms with Gasteiger partial charge in [0.2, 0.25) is 0 Å². The van der Waals surface area contributed by atoms with Gasteiger partial charge in [-0.25, -0.2) is 13.5 Å². The van der Waals surface area contributed by atoms with Crippen LogP contribution < -0.4 is 14.8 Å². The number of aliphatic carboxylic acids is 1. The molecule has 4 aliphatic carbocycles. The molecule has 3 fully saturated rings. The summed E-state index contributed by atoms with van der Waals surface area (Å²) in [7, 11) is 0. The number of rotatable bonds is 7. The van der Waals surface area contributed by atoms with Crippen molar-refractivity contribution in [1.82, 2.24) is 9.78 Å². The number of carboxylic acid groups (broad SMARTS) is 1. The fraction of sp³-hybridized carbons (Fsp3) is 0.448. The predicted molar refractivity (Wildman–Crippen MR) is 137 cm³/mol. The van der Waals surface area contributed by atoms with Crippen molar-refractivity contribution in [3.63, 3.8) is 0 Å². The van der Waals surface area contributed by atoms with Crippen molar-refractivity contribution in [1.29, 1.82) is 0 Å². The molecule has 2 aromatic carbocycles. The van der Waals surface area contributed by atoms with Crippen LogP contribution in [-0.4, -0.2) is 33.3 Å². The maximum atomic E-state index is 15.3. The summed E-state index contributed by atoms with van der Waals surface area (Å²) < 4.78 is 115. The van der Waals surface area contributed by atoms with Gasteiger partial charge in [-0.3, -0.25) is 4.79 Å². The van der Waals surface area contributed by atoms with Gasteiger partial charge >= 0.3 is 18.4 Å². The maximum absolute atomic E-state index is 15.3. The minimum atomic E-state index is -4.85. The van der Waals surface area contributed by atoms with E-state index in [0.717, 1.165) is 22.9 Å². The van der Waals surface area contributed by atoms with E-state index in [2.05, 4.69) is 19.9 Å². The van der Waals surface area contributed by atoms with Crippen LogP contribution in [0.15, 0.2) is 30.3 Å². The van der Waals surface area contributed by atoms with E-state index in [1.54, 1.807) is 0 Å². The number of halogens is 7. The average molecular weight is 628 g/mol. The smallest absolute Gasteiger partial charge is 0.481 e. The highest BCUT2D eigenvalue weighted by Gasteiger charge is 2.71. The number of benzene rings is 2. The van der Waals surface area contributed by atoms with Gasteiger partial charge in [-0.05, 0) is 69.2 Å². The van der Waals surface area contributed by atoms with Crippen LogP contribution in [0.5, 0.6) is 11.5 Å². The summed E-state index contributed by atoms with van der Waals surface area (Å²) in [6.07, 6.45) is -8.92. The average Bonchev–Trinajstić information content (AvgIpc) is 3.43. The molecule has 44 heavy (non-hydrogen) atoms. The zero-order valence-corrected chi connectivity index (χ0v) is 22.9. The van der Waals surface area contributed by atoms with E-state index >= 15 is 4.39 Å². The van der Waals surface area contributed by atoms with Crippen molar-refractivity contribution in [2.24, 2.45) is 11.3 Å². The fourth-order valence-corrected chi connectivity index (χ4v) is 6.76. The number of carboxylic acids is 1. The van der Waals surface area contributed by atoms with Crippen LogP contribution in [0.25, 0.3) is 5.69 Å². The standard InChI is InChI=1S/C29H24F7N3O5/c1-12(16-8-21-22(9-18(16)31)44-29(35,36)43-21)37-14-5-6-17(30)19(7-14)39-23-15(24(38-39)28(32,33)34)3-2-4-20(23)42-25-13-10-27(25,11-13)26(40)41/h5-9,12-13,20,25,37H,2-4,10-11H2,1H3,(H,40,41)/t12-,13?,20-,25?,27?/m0/s1. The highest BCUT2D eigenvalue weighted by molar-refractivity contribution is 5.80. The van der Waals surface area contributed by atoms with Crippen molar-refractivity contribution in [3.8, 4) is 17.2 Å². The lowest BCUT2D eigenvalue weighted by Gasteiger charge is -2.65. The summed E-state index contributed by atoms with van der Waals surface area (Å²) in [6.45, 7) is 1.49. The first-order valence-electron chi connectivity index (χ1n) is 13.9. The van der Waals surface area contributed by atoms with Crippen LogP contribution in [0.3, 0.4) is 0 Å². The normalized spacial score (nSPS) is 26.8. The van der Waals surface area contributed by atoms with Crippen LogP contribution in [0.2, 0.25) is 0 Å². The number of fused-ring (bicyclic) bond motifs is 2. The summed E-state index contributed by atoms with van der Waals surface area (Å²) in [5.74, 6) is -3.70. The third-order valence-electron chi connectivity index (χ3n) is 9.00. The molecule has 3 aromatic rings. The molecule has 1 aliphatic heterocycles. The molecule has 5 aliphatic rings. The second kappa shape index (κ2) is 9.49. The number of hydrogen-bond acceptors (Lipinski definition) is 6. The molecular formula is C29H24F7N3O5. The zero-order valence-electron chi connectivity index (χ0n) is 22.9. The Morgan fingerprint density at radius 2 is 1.84 bits per heavy atom. The molecule has 0 radical (unpaired) electrons. The SMILES string of the molecule is C[C@H](Nc1ccc(F)c(-n2nc(C(F)(F)F)c3c2[C@@H](OC2C4CC2(C(=O)O)C4)CCC3)c1)c1cc2c(cc1F)OC(F)(F)O2. The Bertz CT molecular complexity index is 1680. The van der Waals surface area contributed by atoms with Gasteiger partial charge < -0.3 is 24.6 Å². The van der Waals surface area contributed by atoms with Crippen molar-refractivity contribution in [2.75, 3.05) is 5.32 Å². The Morgan fingerprint density at radius 1 is 1.14 bits per heavy atom. The van der Waals surface area contributed by atoms with Gasteiger partial charge in [0, 0.05) is 22.9 Å². The van der Waals surface area contributed by atoms with Gasteiger partial charge in [-0.15, -0.1) is 8.78 Å². The molecule has 8 nitrogen and oxygen atoms in total. The highest BCUT2D eigenvalue weighted by Crippen LogP contribution is 2.67. The summed E-state index contributed by atoms with van der Waals surface area (Å²) >= 11 is 0. The van der Waals surface area contributed by atoms with Crippen molar-refractivity contribution >= 4 is 11.7 Å². The van der Waals surface area contributed by atoms with E-state index in [4.69, 9.17) is 4.74 Å². The number of carbonyl (C=O) groups is 1. The Labute approximate surface area is 244 Å². The van der Waals surface area contributed by atoms with Crippen LogP contribution in [0.4, 0.5) is 36.4 Å². The number of nitrogens with zero attached hydrogens (tertiary/aromatic N) is 2. The molecule has 1 aromatic heterocycles. The molecule has 8 rings (SSSR count). The van der Waals surface area contributed by atoms with Gasteiger partial charge in [0.1, 0.15) is 23.4 Å². The summed E-state index contributed by atoms with van der Waals surface area (Å²) in [5.41, 5.74) is -2.66. The molecule has 15 heteroatoms. The number of ether oxygens (including phenoxy) is 3. The molecule has 2 N–H and O–H groups in total. The number of anilines is 1. The molecule has 3 saturated carbocycles. The molecule has 0 saturated heterocycles. The van der Waals surface area contributed by atoms with Gasteiger partial charge in [0.05, 0.1) is 23.3 Å². The van der Waals surface area contributed by atoms with Crippen LogP contribution >= 0.6 is 0 Å². The lowest BCUT2D eigenvalue weighted by Crippen LogP contribution is -2.70. The molecule has 2 heterocycles. The third kappa shape index (κ3) is 4.38. The molecule has 3 atom stereocenters. The van der Waals surface area contributed by atoms with Crippen LogP contribution in [-0.2, 0) is 22.1 Å². The Kier molecular flexibility index (Phi) is 6.20. The Balaban J connectivity index is 1.23. The van der Waals surface area contributed by atoms with Crippen LogP contribution in [0, 0.1) is 23.0 Å². The van der Waals surface area contributed by atoms with Crippen molar-refractivity contribution in [3.05, 3.63) is 64.5 Å². The van der Waals surface area contributed by atoms with Gasteiger partial charge in [0.25, 0.3) is 0 Å². The predicted octanol–water partition coefficient (Wildman–Crippen LogP) is 6.92. The second-order valence-corrected chi connectivity index (χ2v) is 11.7. The molecule has 234 valence electrons.